The molecule has 2 atom stereocenters. The normalized spacial score (nSPS) is 12.5. The summed E-state index contributed by atoms with van der Waals surface area (Å²) in [7, 11) is 1.12. The fraction of sp³-hybridized carbons (Fsp3) is 0.176. The number of carbonyl (C=O) groups is 2. The van der Waals surface area contributed by atoms with Crippen LogP contribution < -0.4 is 5.32 Å². The van der Waals surface area contributed by atoms with Crippen molar-refractivity contribution in [2.75, 3.05) is 7.11 Å². The van der Waals surface area contributed by atoms with Gasteiger partial charge in [-0.15, -0.1) is 10.1 Å². The molecule has 2 aromatic carbocycles. The maximum absolute atomic E-state index is 12.4. The smallest absolute Gasteiger partial charge is 0.331 e. The van der Waals surface area contributed by atoms with Crippen LogP contribution in [0, 0.1) is 10.1 Å². The highest BCUT2D eigenvalue weighted by molar-refractivity contribution is 5.96. The molecule has 0 aliphatic rings. The molecule has 1 amide bonds. The van der Waals surface area contributed by atoms with Crippen molar-refractivity contribution in [3.05, 3.63) is 81.9 Å². The fourth-order valence-electron chi connectivity index (χ4n) is 2.25. The van der Waals surface area contributed by atoms with Gasteiger partial charge >= 0.3 is 5.97 Å². The zero-order chi connectivity index (χ0) is 18.2. The summed E-state index contributed by atoms with van der Waals surface area (Å²) in [6.45, 7) is 0. The summed E-state index contributed by atoms with van der Waals surface area (Å²) in [5.74, 6) is -1.44. The lowest BCUT2D eigenvalue weighted by molar-refractivity contribution is -0.771. The largest absolute Gasteiger partial charge is 0.467 e. The van der Waals surface area contributed by atoms with Gasteiger partial charge in [-0.2, -0.15) is 0 Å². The summed E-state index contributed by atoms with van der Waals surface area (Å²) in [6.07, 6.45) is -1.35. The Bertz CT molecular complexity index is 735. The first-order chi connectivity index (χ1) is 12.0. The lowest BCUT2D eigenvalue weighted by atomic mass is 10.0. The van der Waals surface area contributed by atoms with Gasteiger partial charge in [0.05, 0.1) is 7.11 Å². The molecule has 2 unspecified atom stereocenters. The highest BCUT2D eigenvalue weighted by atomic mass is 17.0. The highest BCUT2D eigenvalue weighted by Crippen LogP contribution is 2.23. The van der Waals surface area contributed by atoms with Gasteiger partial charge in [-0.3, -0.25) is 4.79 Å². The van der Waals surface area contributed by atoms with Crippen molar-refractivity contribution in [1.29, 1.82) is 0 Å². The SMILES string of the molecule is COC(=O)C(NC(=O)c1ccccc1)C(O[N+](=O)[O-])c1ccccc1. The molecule has 8 nitrogen and oxygen atoms in total. The molecule has 2 aromatic rings. The van der Waals surface area contributed by atoms with Crippen LogP contribution >= 0.6 is 0 Å². The Labute approximate surface area is 143 Å². The minimum absolute atomic E-state index is 0.296. The monoisotopic (exact) mass is 344 g/mol. The second-order valence-electron chi connectivity index (χ2n) is 5.00. The van der Waals surface area contributed by atoms with Crippen LogP contribution in [0.1, 0.15) is 22.0 Å². The number of nitrogens with zero attached hydrogens (tertiary/aromatic N) is 1. The quantitative estimate of drug-likeness (QED) is 0.467. The van der Waals surface area contributed by atoms with E-state index in [1.165, 1.54) is 0 Å². The Balaban J connectivity index is 2.34. The highest BCUT2D eigenvalue weighted by Gasteiger charge is 2.35. The molecule has 0 saturated heterocycles. The summed E-state index contributed by atoms with van der Waals surface area (Å²) >= 11 is 0. The molecule has 0 bridgehead atoms. The van der Waals surface area contributed by atoms with Gasteiger partial charge in [0, 0.05) is 5.56 Å². The molecule has 25 heavy (non-hydrogen) atoms. The number of rotatable bonds is 7. The molecular weight excluding hydrogens is 328 g/mol. The number of nitrogens with one attached hydrogen (secondary N) is 1. The Hall–Kier alpha value is -3.42. The van der Waals surface area contributed by atoms with Crippen LogP contribution in [0.15, 0.2) is 60.7 Å². The van der Waals surface area contributed by atoms with Crippen molar-refractivity contribution >= 4 is 11.9 Å². The van der Waals surface area contributed by atoms with Gasteiger partial charge in [0.1, 0.15) is 0 Å². The van der Waals surface area contributed by atoms with Crippen molar-refractivity contribution in [3.63, 3.8) is 0 Å². The van der Waals surface area contributed by atoms with Crippen LogP contribution in [0.2, 0.25) is 0 Å². The number of benzene rings is 2. The molecule has 0 saturated carbocycles. The zero-order valence-electron chi connectivity index (χ0n) is 13.3. The lowest BCUT2D eigenvalue weighted by Gasteiger charge is -2.24. The molecule has 0 radical (unpaired) electrons. The van der Waals surface area contributed by atoms with Gasteiger partial charge in [-0.25, -0.2) is 4.79 Å². The average molecular weight is 344 g/mol. The third-order valence-electron chi connectivity index (χ3n) is 3.41. The third-order valence-corrected chi connectivity index (χ3v) is 3.41. The summed E-state index contributed by atoms with van der Waals surface area (Å²) in [5.41, 5.74) is 0.646. The third kappa shape index (κ3) is 4.77. The summed E-state index contributed by atoms with van der Waals surface area (Å²) in [4.78, 5) is 40.0. The van der Waals surface area contributed by atoms with E-state index in [0.29, 0.717) is 11.1 Å². The Morgan fingerprint density at radius 2 is 1.60 bits per heavy atom. The van der Waals surface area contributed by atoms with E-state index >= 15 is 0 Å². The van der Waals surface area contributed by atoms with Gasteiger partial charge in [0.15, 0.2) is 12.1 Å². The van der Waals surface area contributed by atoms with E-state index in [0.717, 1.165) is 7.11 Å². The van der Waals surface area contributed by atoms with Gasteiger partial charge in [0.2, 0.25) is 0 Å². The molecule has 1 N–H and O–H groups in total. The van der Waals surface area contributed by atoms with Crippen LogP contribution in [0.5, 0.6) is 0 Å². The maximum Gasteiger partial charge on any atom is 0.331 e. The topological polar surface area (TPSA) is 108 Å². The van der Waals surface area contributed by atoms with Crippen LogP contribution in [0.3, 0.4) is 0 Å². The van der Waals surface area contributed by atoms with E-state index in [-0.39, 0.29) is 0 Å². The zero-order valence-corrected chi connectivity index (χ0v) is 13.3. The first-order valence-corrected chi connectivity index (χ1v) is 7.32. The number of esters is 1. The second-order valence-corrected chi connectivity index (χ2v) is 5.00. The molecule has 0 aliphatic heterocycles. The number of ether oxygens (including phenoxy) is 1. The second kappa shape index (κ2) is 8.44. The molecule has 2 rings (SSSR count). The molecule has 0 fully saturated rings. The first-order valence-electron chi connectivity index (χ1n) is 7.32. The van der Waals surface area contributed by atoms with Crippen molar-refractivity contribution in [2.24, 2.45) is 0 Å². The average Bonchev–Trinajstić information content (AvgIpc) is 2.65. The first kappa shape index (κ1) is 17.9. The molecule has 130 valence electrons. The minimum atomic E-state index is -1.40. The van der Waals surface area contributed by atoms with Gasteiger partial charge in [0.25, 0.3) is 11.0 Å². The summed E-state index contributed by atoms with van der Waals surface area (Å²) in [6, 6.07) is 14.8. The van der Waals surface area contributed by atoms with Crippen molar-refractivity contribution in [2.45, 2.75) is 12.1 Å². The van der Waals surface area contributed by atoms with Crippen LogP contribution in [0.4, 0.5) is 0 Å². The van der Waals surface area contributed by atoms with E-state index in [9.17, 15) is 19.7 Å². The molecule has 0 heterocycles. The predicted octanol–water partition coefficient (Wildman–Crippen LogP) is 1.91. The molecule has 0 aromatic heterocycles. The molecule has 8 heteroatoms. The maximum atomic E-state index is 12.4. The minimum Gasteiger partial charge on any atom is -0.467 e. The van der Waals surface area contributed by atoms with E-state index in [4.69, 9.17) is 0 Å². The van der Waals surface area contributed by atoms with E-state index in [1.54, 1.807) is 60.7 Å². The molecule has 0 aliphatic carbocycles. The van der Waals surface area contributed by atoms with Crippen molar-refractivity contribution in [3.8, 4) is 0 Å². The lowest BCUT2D eigenvalue weighted by Crippen LogP contribution is -2.46. The summed E-state index contributed by atoms with van der Waals surface area (Å²) < 4.78 is 4.68. The van der Waals surface area contributed by atoms with Gasteiger partial charge < -0.3 is 14.9 Å². The van der Waals surface area contributed by atoms with E-state index in [2.05, 4.69) is 14.9 Å². The Morgan fingerprint density at radius 1 is 1.04 bits per heavy atom. The van der Waals surface area contributed by atoms with Gasteiger partial charge in [-0.05, 0) is 17.7 Å². The standard InChI is InChI=1S/C17H16N2O6/c1-24-17(21)14(18-16(20)13-10-6-3-7-11-13)15(25-19(22)23)12-8-4-2-5-9-12/h2-11,14-15H,1H3,(H,18,20). The number of methoxy groups -OCH3 is 1. The van der Waals surface area contributed by atoms with Crippen molar-refractivity contribution < 1.29 is 24.3 Å². The predicted molar refractivity (Wildman–Crippen MR) is 87.0 cm³/mol. The van der Waals surface area contributed by atoms with E-state index < -0.39 is 29.1 Å². The van der Waals surface area contributed by atoms with Gasteiger partial charge in [-0.1, -0.05) is 48.5 Å². The Morgan fingerprint density at radius 3 is 2.12 bits per heavy atom. The van der Waals surface area contributed by atoms with Crippen LogP contribution in [-0.4, -0.2) is 30.1 Å². The number of carbonyl (C=O) groups excluding carboxylic acids is 2. The van der Waals surface area contributed by atoms with E-state index in [1.807, 2.05) is 0 Å². The van der Waals surface area contributed by atoms with Crippen molar-refractivity contribution in [1.82, 2.24) is 5.32 Å². The molecule has 0 spiro atoms. The van der Waals surface area contributed by atoms with Crippen LogP contribution in [0.25, 0.3) is 0 Å². The molecular formula is C17H16N2O6. The number of hydrogen-bond donors (Lipinski definition) is 1. The fourth-order valence-corrected chi connectivity index (χ4v) is 2.25. The number of hydrogen-bond acceptors (Lipinski definition) is 6. The Kier molecular flexibility index (Phi) is 6.05. The van der Waals surface area contributed by atoms with Crippen LogP contribution in [-0.2, 0) is 14.4 Å². The summed E-state index contributed by atoms with van der Waals surface area (Å²) in [5, 5.41) is 12.3. The number of amides is 1.